The average Bonchev–Trinajstić information content (AvgIpc) is 2.38. The molecule has 102 valence electrons. The second-order valence-corrected chi connectivity index (χ2v) is 4.00. The Labute approximate surface area is 113 Å². The number of aromatic nitrogens is 1. The highest BCUT2D eigenvalue weighted by Gasteiger charge is 2.16. The third-order valence-corrected chi connectivity index (χ3v) is 2.47. The molecule has 1 aromatic carbocycles. The number of aromatic carboxylic acids is 1. The summed E-state index contributed by atoms with van der Waals surface area (Å²) in [5.74, 6) is -1.20. The Balaban J connectivity index is 2.39. The minimum atomic E-state index is -1.20. The van der Waals surface area contributed by atoms with Crippen LogP contribution < -0.4 is 4.74 Å². The molecule has 1 N–H and O–H groups in total. The first-order valence-electron chi connectivity index (χ1n) is 5.60. The van der Waals surface area contributed by atoms with Crippen molar-refractivity contribution < 1.29 is 19.6 Å². The van der Waals surface area contributed by atoms with Crippen molar-refractivity contribution in [1.29, 1.82) is 0 Å². The van der Waals surface area contributed by atoms with E-state index in [1.807, 2.05) is 0 Å². The van der Waals surface area contributed by atoms with E-state index in [1.54, 1.807) is 13.0 Å². The van der Waals surface area contributed by atoms with Crippen LogP contribution in [0.4, 0.5) is 5.69 Å². The third kappa shape index (κ3) is 2.89. The van der Waals surface area contributed by atoms with E-state index < -0.39 is 10.9 Å². The van der Waals surface area contributed by atoms with Gasteiger partial charge in [0.25, 0.3) is 0 Å². The molecule has 2 aromatic rings. The number of carboxylic acids is 1. The zero-order valence-corrected chi connectivity index (χ0v) is 10.4. The molecule has 0 amide bonds. The number of nitro groups is 1. The molecule has 0 aliphatic carbocycles. The maximum atomic E-state index is 10.9. The molecule has 0 aliphatic rings. The lowest BCUT2D eigenvalue weighted by Gasteiger charge is -2.06. The molecule has 0 unspecified atom stereocenters. The molecule has 0 saturated carbocycles. The lowest BCUT2D eigenvalue weighted by atomic mass is 10.2. The fraction of sp³-hybridized carbons (Fsp3) is 0.0769. The molecule has 7 nitrogen and oxygen atoms in total. The van der Waals surface area contributed by atoms with E-state index in [2.05, 4.69) is 4.98 Å². The Bertz CT molecular complexity index is 684. The van der Waals surface area contributed by atoms with Crippen molar-refractivity contribution >= 4 is 11.7 Å². The van der Waals surface area contributed by atoms with Gasteiger partial charge < -0.3 is 9.84 Å². The van der Waals surface area contributed by atoms with Gasteiger partial charge in [-0.15, -0.1) is 0 Å². The maximum Gasteiger partial charge on any atom is 0.354 e. The van der Waals surface area contributed by atoms with Crippen LogP contribution in [0.3, 0.4) is 0 Å². The van der Waals surface area contributed by atoms with Gasteiger partial charge in [-0.25, -0.2) is 9.78 Å². The molecule has 0 fully saturated rings. The van der Waals surface area contributed by atoms with E-state index in [-0.39, 0.29) is 23.0 Å². The number of hydrogen-bond acceptors (Lipinski definition) is 5. The van der Waals surface area contributed by atoms with Gasteiger partial charge in [-0.2, -0.15) is 0 Å². The number of nitrogens with zero attached hydrogens (tertiary/aromatic N) is 2. The summed E-state index contributed by atoms with van der Waals surface area (Å²) in [5, 5.41) is 19.7. The molecular formula is C13H10N2O5. The van der Waals surface area contributed by atoms with E-state index in [1.165, 1.54) is 30.3 Å². The smallest absolute Gasteiger partial charge is 0.354 e. The first-order chi connectivity index (χ1) is 9.47. The zero-order valence-electron chi connectivity index (χ0n) is 10.4. The zero-order chi connectivity index (χ0) is 14.7. The lowest BCUT2D eigenvalue weighted by molar-refractivity contribution is -0.385. The standard InChI is InChI=1S/C13H10N2O5/c1-8-5-6-10(15(18)19)11(7-8)20-12-4-2-3-9(14-12)13(16)17/h2-7H,1H3,(H,16,17). The normalized spacial score (nSPS) is 10.1. The van der Waals surface area contributed by atoms with Gasteiger partial charge in [0.1, 0.15) is 0 Å². The van der Waals surface area contributed by atoms with Gasteiger partial charge in [-0.3, -0.25) is 10.1 Å². The predicted octanol–water partition coefficient (Wildman–Crippen LogP) is 2.79. The van der Waals surface area contributed by atoms with Crippen molar-refractivity contribution in [3.63, 3.8) is 0 Å². The topological polar surface area (TPSA) is 103 Å². The van der Waals surface area contributed by atoms with Gasteiger partial charge in [-0.1, -0.05) is 12.1 Å². The summed E-state index contributed by atoms with van der Waals surface area (Å²) in [7, 11) is 0. The molecule has 0 spiro atoms. The number of aryl methyl sites for hydroxylation is 1. The van der Waals surface area contributed by atoms with Crippen LogP contribution in [0, 0.1) is 17.0 Å². The van der Waals surface area contributed by atoms with Gasteiger partial charge in [0.15, 0.2) is 5.69 Å². The number of carbonyl (C=O) groups is 1. The molecule has 0 atom stereocenters. The van der Waals surface area contributed by atoms with Gasteiger partial charge in [0.05, 0.1) is 4.92 Å². The van der Waals surface area contributed by atoms with E-state index >= 15 is 0 Å². The second-order valence-electron chi connectivity index (χ2n) is 4.00. The molecule has 0 aliphatic heterocycles. The Morgan fingerprint density at radius 3 is 2.75 bits per heavy atom. The van der Waals surface area contributed by atoms with Crippen LogP contribution in [0.1, 0.15) is 16.1 Å². The molecule has 1 aromatic heterocycles. The van der Waals surface area contributed by atoms with E-state index in [0.717, 1.165) is 5.56 Å². The summed E-state index contributed by atoms with van der Waals surface area (Å²) in [6.45, 7) is 1.76. The number of nitro benzene ring substituents is 1. The Hall–Kier alpha value is -2.96. The van der Waals surface area contributed by atoms with Crippen molar-refractivity contribution in [2.45, 2.75) is 6.92 Å². The molecule has 0 bridgehead atoms. The van der Waals surface area contributed by atoms with E-state index in [4.69, 9.17) is 9.84 Å². The van der Waals surface area contributed by atoms with Crippen molar-refractivity contribution in [1.82, 2.24) is 4.98 Å². The molecular weight excluding hydrogens is 264 g/mol. The first-order valence-corrected chi connectivity index (χ1v) is 5.60. The van der Waals surface area contributed by atoms with Crippen LogP contribution >= 0.6 is 0 Å². The Morgan fingerprint density at radius 1 is 1.35 bits per heavy atom. The molecule has 0 saturated heterocycles. The summed E-state index contributed by atoms with van der Waals surface area (Å²) in [5.41, 5.74) is 0.371. The number of benzene rings is 1. The van der Waals surface area contributed by atoms with Gasteiger partial charge in [0, 0.05) is 12.1 Å². The van der Waals surface area contributed by atoms with Crippen LogP contribution in [0.25, 0.3) is 0 Å². The minimum absolute atomic E-state index is 0.0152. The summed E-state index contributed by atoms with van der Waals surface area (Å²) in [6.07, 6.45) is 0. The second kappa shape index (κ2) is 5.35. The van der Waals surface area contributed by atoms with Crippen LogP contribution in [0.2, 0.25) is 0 Å². The summed E-state index contributed by atoms with van der Waals surface area (Å²) in [4.78, 5) is 24.9. The maximum absolute atomic E-state index is 10.9. The molecule has 2 rings (SSSR count). The van der Waals surface area contributed by atoms with Crippen LogP contribution in [-0.2, 0) is 0 Å². The van der Waals surface area contributed by atoms with Crippen molar-refractivity contribution in [2.75, 3.05) is 0 Å². The van der Waals surface area contributed by atoms with Crippen molar-refractivity contribution in [2.24, 2.45) is 0 Å². The highest BCUT2D eigenvalue weighted by Crippen LogP contribution is 2.31. The quantitative estimate of drug-likeness (QED) is 0.679. The fourth-order valence-electron chi connectivity index (χ4n) is 1.56. The minimum Gasteiger partial charge on any atom is -0.477 e. The van der Waals surface area contributed by atoms with Crippen LogP contribution in [-0.4, -0.2) is 21.0 Å². The molecule has 20 heavy (non-hydrogen) atoms. The fourth-order valence-corrected chi connectivity index (χ4v) is 1.56. The summed E-state index contributed by atoms with van der Waals surface area (Å²) in [6, 6.07) is 8.59. The number of rotatable bonds is 4. The lowest BCUT2D eigenvalue weighted by Crippen LogP contribution is -2.01. The summed E-state index contributed by atoms with van der Waals surface area (Å²) >= 11 is 0. The molecule has 1 heterocycles. The Kier molecular flexibility index (Phi) is 3.60. The molecule has 0 radical (unpaired) electrons. The largest absolute Gasteiger partial charge is 0.477 e. The van der Waals surface area contributed by atoms with Crippen molar-refractivity contribution in [3.8, 4) is 11.6 Å². The summed E-state index contributed by atoms with van der Waals surface area (Å²) < 4.78 is 5.33. The van der Waals surface area contributed by atoms with Crippen molar-refractivity contribution in [3.05, 3.63) is 57.8 Å². The number of ether oxygens (including phenoxy) is 1. The van der Waals surface area contributed by atoms with E-state index in [0.29, 0.717) is 0 Å². The highest BCUT2D eigenvalue weighted by molar-refractivity contribution is 5.85. The van der Waals surface area contributed by atoms with Gasteiger partial charge in [0.2, 0.25) is 11.6 Å². The number of carboxylic acid groups (broad SMARTS) is 1. The predicted molar refractivity (Wildman–Crippen MR) is 69.1 cm³/mol. The number of pyridine rings is 1. The van der Waals surface area contributed by atoms with Gasteiger partial charge >= 0.3 is 11.7 Å². The van der Waals surface area contributed by atoms with E-state index in [9.17, 15) is 14.9 Å². The highest BCUT2D eigenvalue weighted by atomic mass is 16.6. The number of hydrogen-bond donors (Lipinski definition) is 1. The monoisotopic (exact) mass is 274 g/mol. The van der Waals surface area contributed by atoms with Gasteiger partial charge in [-0.05, 0) is 24.6 Å². The third-order valence-electron chi connectivity index (χ3n) is 2.47. The van der Waals surface area contributed by atoms with Crippen LogP contribution in [0.15, 0.2) is 36.4 Å². The SMILES string of the molecule is Cc1ccc([N+](=O)[O-])c(Oc2cccc(C(=O)O)n2)c1. The Morgan fingerprint density at radius 2 is 2.10 bits per heavy atom. The molecule has 7 heteroatoms. The first kappa shape index (κ1) is 13.5. The van der Waals surface area contributed by atoms with Crippen LogP contribution in [0.5, 0.6) is 11.6 Å². The average molecular weight is 274 g/mol.